The Balaban J connectivity index is 1.78. The van der Waals surface area contributed by atoms with Gasteiger partial charge in [-0.1, -0.05) is 55.8 Å². The van der Waals surface area contributed by atoms with Gasteiger partial charge in [-0.05, 0) is 31.0 Å². The summed E-state index contributed by atoms with van der Waals surface area (Å²) >= 11 is 0. The molecule has 0 heterocycles. The molecule has 0 aromatic heterocycles. The van der Waals surface area contributed by atoms with Gasteiger partial charge in [-0.3, -0.25) is 4.79 Å². The molecule has 2 aromatic carbocycles. The Morgan fingerprint density at radius 1 is 1.12 bits per heavy atom. The second-order valence-electron chi connectivity index (χ2n) is 6.22. The fourth-order valence-electron chi connectivity index (χ4n) is 2.68. The number of amides is 1. The lowest BCUT2D eigenvalue weighted by molar-refractivity contribution is -0.123. The highest BCUT2D eigenvalue weighted by Crippen LogP contribution is 2.18. The number of carbonyl (C=O) groups is 1. The Hall–Kier alpha value is -2.40. The third-order valence-corrected chi connectivity index (χ3v) is 4.14. The summed E-state index contributed by atoms with van der Waals surface area (Å²) < 4.78 is 18.9. The van der Waals surface area contributed by atoms with E-state index in [-0.39, 0.29) is 36.2 Å². The number of ether oxygens (including phenoxy) is 1. The van der Waals surface area contributed by atoms with Gasteiger partial charge in [0.15, 0.2) is 11.6 Å². The van der Waals surface area contributed by atoms with E-state index in [9.17, 15) is 9.18 Å². The molecule has 26 heavy (non-hydrogen) atoms. The van der Waals surface area contributed by atoms with Crippen LogP contribution in [0.3, 0.4) is 0 Å². The Kier molecular flexibility index (Phi) is 8.09. The number of benzene rings is 2. The van der Waals surface area contributed by atoms with E-state index in [4.69, 9.17) is 4.74 Å². The Morgan fingerprint density at radius 3 is 2.50 bits per heavy atom. The smallest absolute Gasteiger partial charge is 0.237 e. The molecule has 2 atom stereocenters. The predicted molar refractivity (Wildman–Crippen MR) is 102 cm³/mol. The van der Waals surface area contributed by atoms with Crippen LogP contribution >= 0.6 is 0 Å². The third kappa shape index (κ3) is 6.15. The van der Waals surface area contributed by atoms with Crippen molar-refractivity contribution in [1.29, 1.82) is 0 Å². The zero-order valence-corrected chi connectivity index (χ0v) is 15.4. The monoisotopic (exact) mass is 358 g/mol. The minimum atomic E-state index is -0.386. The molecule has 0 aliphatic carbocycles. The minimum absolute atomic E-state index is 0.00705. The number of para-hydroxylation sites is 1. The van der Waals surface area contributed by atoms with Gasteiger partial charge in [-0.25, -0.2) is 4.39 Å². The van der Waals surface area contributed by atoms with Crippen LogP contribution in [0, 0.1) is 5.82 Å². The van der Waals surface area contributed by atoms with E-state index in [1.165, 1.54) is 6.07 Å². The first kappa shape index (κ1) is 19.9. The Bertz CT molecular complexity index is 679. The number of hydrogen-bond donors (Lipinski definition) is 2. The summed E-state index contributed by atoms with van der Waals surface area (Å²) in [5, 5.41) is 6.21. The molecule has 0 saturated heterocycles. The van der Waals surface area contributed by atoms with Gasteiger partial charge >= 0.3 is 0 Å². The highest BCUT2D eigenvalue weighted by Gasteiger charge is 2.18. The standard InChI is InChI=1S/C21H27FN2O2/c1-3-9-19(17-10-5-4-6-11-17)24-21(25)16(2)23-14-15-26-20-13-8-7-12-18(20)22/h4-8,10-13,16,19,23H,3,9,14-15H2,1-2H3,(H,24,25)/t16-,19-/m1/s1. The lowest BCUT2D eigenvalue weighted by Gasteiger charge is -2.22. The van der Waals surface area contributed by atoms with E-state index in [0.29, 0.717) is 6.54 Å². The normalized spacial score (nSPS) is 13.0. The van der Waals surface area contributed by atoms with E-state index >= 15 is 0 Å². The number of nitrogens with one attached hydrogen (secondary N) is 2. The molecule has 0 radical (unpaired) electrons. The fourth-order valence-corrected chi connectivity index (χ4v) is 2.68. The summed E-state index contributed by atoms with van der Waals surface area (Å²) in [6.07, 6.45) is 1.87. The summed E-state index contributed by atoms with van der Waals surface area (Å²) in [7, 11) is 0. The van der Waals surface area contributed by atoms with Crippen molar-refractivity contribution in [2.75, 3.05) is 13.2 Å². The van der Waals surface area contributed by atoms with Crippen LogP contribution in [0.5, 0.6) is 5.75 Å². The molecular formula is C21H27FN2O2. The lowest BCUT2D eigenvalue weighted by atomic mass is 10.0. The largest absolute Gasteiger partial charge is 0.489 e. The molecule has 4 nitrogen and oxygen atoms in total. The molecule has 2 aromatic rings. The number of carbonyl (C=O) groups excluding carboxylic acids is 1. The van der Waals surface area contributed by atoms with Crippen molar-refractivity contribution in [2.24, 2.45) is 0 Å². The van der Waals surface area contributed by atoms with Gasteiger partial charge in [0.1, 0.15) is 6.61 Å². The number of hydrogen-bond acceptors (Lipinski definition) is 3. The van der Waals surface area contributed by atoms with E-state index in [1.54, 1.807) is 18.2 Å². The lowest BCUT2D eigenvalue weighted by Crippen LogP contribution is -2.44. The van der Waals surface area contributed by atoms with E-state index < -0.39 is 0 Å². The molecule has 0 bridgehead atoms. The first-order chi connectivity index (χ1) is 12.6. The molecular weight excluding hydrogens is 331 g/mol. The van der Waals surface area contributed by atoms with E-state index in [2.05, 4.69) is 17.6 Å². The van der Waals surface area contributed by atoms with Crippen molar-refractivity contribution >= 4 is 5.91 Å². The van der Waals surface area contributed by atoms with Gasteiger partial charge in [-0.15, -0.1) is 0 Å². The summed E-state index contributed by atoms with van der Waals surface area (Å²) in [6, 6.07) is 15.9. The molecule has 0 unspecified atom stereocenters. The molecule has 140 valence electrons. The average molecular weight is 358 g/mol. The van der Waals surface area contributed by atoms with Crippen LogP contribution < -0.4 is 15.4 Å². The maximum atomic E-state index is 13.5. The van der Waals surface area contributed by atoms with Gasteiger partial charge < -0.3 is 15.4 Å². The summed E-state index contributed by atoms with van der Waals surface area (Å²) in [6.45, 7) is 4.65. The molecule has 0 spiro atoms. The molecule has 5 heteroatoms. The van der Waals surface area contributed by atoms with Gasteiger partial charge in [-0.2, -0.15) is 0 Å². The highest BCUT2D eigenvalue weighted by molar-refractivity contribution is 5.81. The fraction of sp³-hybridized carbons (Fsp3) is 0.381. The van der Waals surface area contributed by atoms with Crippen LogP contribution in [0.25, 0.3) is 0 Å². The van der Waals surface area contributed by atoms with Crippen molar-refractivity contribution < 1.29 is 13.9 Å². The molecule has 0 aliphatic rings. The molecule has 0 aliphatic heterocycles. The topological polar surface area (TPSA) is 50.4 Å². The van der Waals surface area contributed by atoms with Crippen LogP contribution in [0.4, 0.5) is 4.39 Å². The van der Waals surface area contributed by atoms with Crippen LogP contribution in [0.1, 0.15) is 38.3 Å². The zero-order valence-electron chi connectivity index (χ0n) is 15.4. The predicted octanol–water partition coefficient (Wildman–Crippen LogP) is 3.84. The summed E-state index contributed by atoms with van der Waals surface area (Å²) in [5.41, 5.74) is 1.11. The molecule has 1 amide bonds. The van der Waals surface area contributed by atoms with Crippen LogP contribution in [0.15, 0.2) is 54.6 Å². The molecule has 0 fully saturated rings. The first-order valence-electron chi connectivity index (χ1n) is 9.07. The Morgan fingerprint density at radius 2 is 1.81 bits per heavy atom. The second kappa shape index (κ2) is 10.6. The molecule has 2 rings (SSSR count). The van der Waals surface area contributed by atoms with Crippen molar-refractivity contribution in [3.8, 4) is 5.75 Å². The molecule has 2 N–H and O–H groups in total. The van der Waals surface area contributed by atoms with Crippen LogP contribution in [-0.4, -0.2) is 25.1 Å². The van der Waals surface area contributed by atoms with Crippen molar-refractivity contribution in [1.82, 2.24) is 10.6 Å². The van der Waals surface area contributed by atoms with Gasteiger partial charge in [0.05, 0.1) is 12.1 Å². The van der Waals surface area contributed by atoms with E-state index in [1.807, 2.05) is 37.3 Å². The first-order valence-corrected chi connectivity index (χ1v) is 9.07. The van der Waals surface area contributed by atoms with Crippen LogP contribution in [-0.2, 0) is 4.79 Å². The van der Waals surface area contributed by atoms with Gasteiger partial charge in [0, 0.05) is 6.54 Å². The minimum Gasteiger partial charge on any atom is -0.489 e. The van der Waals surface area contributed by atoms with Crippen molar-refractivity contribution in [3.63, 3.8) is 0 Å². The highest BCUT2D eigenvalue weighted by atomic mass is 19.1. The van der Waals surface area contributed by atoms with Gasteiger partial charge in [0.2, 0.25) is 5.91 Å². The number of rotatable bonds is 10. The maximum absolute atomic E-state index is 13.5. The Labute approximate surface area is 154 Å². The second-order valence-corrected chi connectivity index (χ2v) is 6.22. The van der Waals surface area contributed by atoms with Crippen molar-refractivity contribution in [3.05, 3.63) is 66.0 Å². The summed E-state index contributed by atoms with van der Waals surface area (Å²) in [4.78, 5) is 12.4. The van der Waals surface area contributed by atoms with Crippen LogP contribution in [0.2, 0.25) is 0 Å². The average Bonchev–Trinajstić information content (AvgIpc) is 2.66. The zero-order chi connectivity index (χ0) is 18.8. The number of halogens is 1. The van der Waals surface area contributed by atoms with Gasteiger partial charge in [0.25, 0.3) is 0 Å². The quantitative estimate of drug-likeness (QED) is 0.635. The summed E-state index contributed by atoms with van der Waals surface area (Å²) in [5.74, 6) is -0.222. The van der Waals surface area contributed by atoms with E-state index in [0.717, 1.165) is 18.4 Å². The molecule has 0 saturated carbocycles. The SMILES string of the molecule is CCC[C@@H](NC(=O)[C@@H](C)NCCOc1ccccc1F)c1ccccc1. The third-order valence-electron chi connectivity index (χ3n) is 4.14. The van der Waals surface area contributed by atoms with Crippen molar-refractivity contribution in [2.45, 2.75) is 38.8 Å². The maximum Gasteiger partial charge on any atom is 0.237 e.